The molecule has 2 rings (SSSR count). The van der Waals surface area contributed by atoms with E-state index in [1.165, 1.54) is 0 Å². The Hall–Kier alpha value is -1.48. The summed E-state index contributed by atoms with van der Waals surface area (Å²) in [6, 6.07) is 0. The molecule has 0 aromatic carbocycles. The van der Waals surface area contributed by atoms with E-state index in [2.05, 4.69) is 17.4 Å². The molecule has 1 saturated heterocycles. The number of esters is 1. The molecule has 9 heteroatoms. The molecule has 28 heavy (non-hydrogen) atoms. The molecule has 0 bridgehead atoms. The van der Waals surface area contributed by atoms with Gasteiger partial charge in [0.1, 0.15) is 6.10 Å². The molecule has 0 N–H and O–H groups in total. The van der Waals surface area contributed by atoms with Crippen LogP contribution in [0.2, 0.25) is 0 Å². The normalized spacial score (nSPS) is 29.6. The van der Waals surface area contributed by atoms with Crippen LogP contribution >= 0.6 is 0 Å². The largest absolute Gasteiger partial charge is 0.465 e. The first-order chi connectivity index (χ1) is 13.1. The number of rotatable bonds is 7. The molecule has 4 nitrogen and oxygen atoms in total. The number of hydrogen-bond donors (Lipinski definition) is 0. The molecule has 0 amide bonds. The van der Waals surface area contributed by atoms with Crippen LogP contribution in [0.15, 0.2) is 24.8 Å². The first kappa shape index (κ1) is 22.8. The average Bonchev–Trinajstić information content (AvgIpc) is 2.65. The van der Waals surface area contributed by atoms with Crippen molar-refractivity contribution in [3.8, 4) is 0 Å². The highest BCUT2D eigenvalue weighted by Crippen LogP contribution is 2.38. The minimum absolute atomic E-state index is 0.0104. The van der Waals surface area contributed by atoms with Gasteiger partial charge in [-0.2, -0.15) is 22.0 Å². The molecular weight excluding hydrogens is 387 g/mol. The fourth-order valence-electron chi connectivity index (χ4n) is 3.24. The summed E-state index contributed by atoms with van der Waals surface area (Å²) in [6.07, 6.45) is 1.68. The summed E-state index contributed by atoms with van der Waals surface area (Å²) in [5.74, 6) is -7.89. The number of halogens is 5. The molecule has 160 valence electrons. The molecule has 1 aliphatic carbocycles. The van der Waals surface area contributed by atoms with Crippen LogP contribution in [0.4, 0.5) is 22.0 Å². The first-order valence-electron chi connectivity index (χ1n) is 9.31. The van der Waals surface area contributed by atoms with Gasteiger partial charge in [0.2, 0.25) is 0 Å². The Morgan fingerprint density at radius 3 is 2.18 bits per heavy atom. The number of alkyl halides is 5. The number of allylic oxidation sites excluding steroid dienone is 2. The zero-order chi connectivity index (χ0) is 20.8. The number of unbranched alkanes of at least 4 members (excludes halogenated alkanes) is 1. The molecule has 0 aromatic rings. The third-order valence-corrected chi connectivity index (χ3v) is 4.88. The van der Waals surface area contributed by atoms with Crippen LogP contribution in [0.25, 0.3) is 0 Å². The van der Waals surface area contributed by atoms with Crippen molar-refractivity contribution in [2.75, 3.05) is 13.2 Å². The van der Waals surface area contributed by atoms with E-state index in [0.29, 0.717) is 26.1 Å². The lowest BCUT2D eigenvalue weighted by atomic mass is 9.86. The van der Waals surface area contributed by atoms with Gasteiger partial charge in [-0.15, -0.1) is 6.58 Å². The second kappa shape index (κ2) is 9.82. The SMILES string of the molecule is C=CCCC=CC1COC(C2CCC(OC(=O)C(F)(F)C(F)(F)F)CC2)OC1. The van der Waals surface area contributed by atoms with Crippen molar-refractivity contribution in [2.45, 2.75) is 63.0 Å². The maximum absolute atomic E-state index is 13.0. The van der Waals surface area contributed by atoms with Gasteiger partial charge in [0.25, 0.3) is 0 Å². The summed E-state index contributed by atoms with van der Waals surface area (Å²) in [4.78, 5) is 11.2. The van der Waals surface area contributed by atoms with Crippen LogP contribution < -0.4 is 0 Å². The van der Waals surface area contributed by atoms with Gasteiger partial charge >= 0.3 is 18.1 Å². The fraction of sp³-hybridized carbons (Fsp3) is 0.737. The van der Waals surface area contributed by atoms with Gasteiger partial charge in [-0.3, -0.25) is 0 Å². The van der Waals surface area contributed by atoms with Crippen LogP contribution in [0.1, 0.15) is 38.5 Å². The summed E-state index contributed by atoms with van der Waals surface area (Å²) >= 11 is 0. The molecule has 1 aliphatic heterocycles. The Morgan fingerprint density at radius 2 is 1.64 bits per heavy atom. The van der Waals surface area contributed by atoms with Crippen molar-refractivity contribution < 1.29 is 41.0 Å². The predicted molar refractivity (Wildman–Crippen MR) is 90.6 cm³/mol. The summed E-state index contributed by atoms with van der Waals surface area (Å²) in [7, 11) is 0. The van der Waals surface area contributed by atoms with E-state index in [1.54, 1.807) is 0 Å². The predicted octanol–water partition coefficient (Wildman–Crippen LogP) is 4.80. The van der Waals surface area contributed by atoms with Crippen LogP contribution in [0.3, 0.4) is 0 Å². The van der Waals surface area contributed by atoms with Gasteiger partial charge in [0, 0.05) is 11.8 Å². The zero-order valence-corrected chi connectivity index (χ0v) is 15.4. The van der Waals surface area contributed by atoms with Crippen LogP contribution in [0.5, 0.6) is 0 Å². The number of hydrogen-bond acceptors (Lipinski definition) is 4. The quantitative estimate of drug-likeness (QED) is 0.261. The van der Waals surface area contributed by atoms with E-state index in [0.717, 1.165) is 12.8 Å². The smallest absolute Gasteiger partial charge is 0.458 e. The second-order valence-corrected chi connectivity index (χ2v) is 7.10. The Balaban J connectivity index is 1.72. The molecule has 0 aromatic heterocycles. The van der Waals surface area contributed by atoms with Gasteiger partial charge in [0.15, 0.2) is 6.29 Å². The summed E-state index contributed by atoms with van der Waals surface area (Å²) in [5, 5.41) is 0. The highest BCUT2D eigenvalue weighted by Gasteiger charge is 2.65. The Morgan fingerprint density at radius 1 is 1.04 bits per heavy atom. The van der Waals surface area contributed by atoms with E-state index in [-0.39, 0.29) is 24.7 Å². The third-order valence-electron chi connectivity index (χ3n) is 4.88. The van der Waals surface area contributed by atoms with Crippen molar-refractivity contribution in [1.29, 1.82) is 0 Å². The lowest BCUT2D eigenvalue weighted by Crippen LogP contribution is -2.47. The Kier molecular flexibility index (Phi) is 8.00. The molecule has 0 atom stereocenters. The van der Waals surface area contributed by atoms with Gasteiger partial charge < -0.3 is 14.2 Å². The van der Waals surface area contributed by atoms with Crippen molar-refractivity contribution in [3.05, 3.63) is 24.8 Å². The van der Waals surface area contributed by atoms with Gasteiger partial charge in [-0.1, -0.05) is 18.2 Å². The molecule has 1 heterocycles. The minimum atomic E-state index is -5.96. The van der Waals surface area contributed by atoms with Crippen molar-refractivity contribution in [2.24, 2.45) is 11.8 Å². The highest BCUT2D eigenvalue weighted by molar-refractivity contribution is 5.78. The topological polar surface area (TPSA) is 44.8 Å². The second-order valence-electron chi connectivity index (χ2n) is 7.10. The molecule has 1 saturated carbocycles. The van der Waals surface area contributed by atoms with Crippen molar-refractivity contribution in [1.82, 2.24) is 0 Å². The van der Waals surface area contributed by atoms with E-state index in [4.69, 9.17) is 9.47 Å². The lowest BCUT2D eigenvalue weighted by molar-refractivity contribution is -0.283. The van der Waals surface area contributed by atoms with Gasteiger partial charge in [-0.25, -0.2) is 4.79 Å². The first-order valence-corrected chi connectivity index (χ1v) is 9.31. The summed E-state index contributed by atoms with van der Waals surface area (Å²) in [5.41, 5.74) is 0. The Bertz CT molecular complexity index is 545. The van der Waals surface area contributed by atoms with Crippen molar-refractivity contribution >= 4 is 5.97 Å². The van der Waals surface area contributed by atoms with E-state index in [9.17, 15) is 26.7 Å². The molecular formula is C19H25F5O4. The van der Waals surface area contributed by atoms with Crippen LogP contribution in [-0.2, 0) is 19.0 Å². The zero-order valence-electron chi connectivity index (χ0n) is 15.4. The Labute approximate surface area is 160 Å². The molecule has 0 radical (unpaired) electrons. The lowest BCUT2D eigenvalue weighted by Gasteiger charge is -2.37. The average molecular weight is 412 g/mol. The van der Waals surface area contributed by atoms with Crippen LogP contribution in [-0.4, -0.2) is 43.7 Å². The molecule has 2 fully saturated rings. The maximum Gasteiger partial charge on any atom is 0.465 e. The summed E-state index contributed by atoms with van der Waals surface area (Å²) < 4.78 is 78.4. The number of carbonyl (C=O) groups is 1. The minimum Gasteiger partial charge on any atom is -0.458 e. The van der Waals surface area contributed by atoms with Gasteiger partial charge in [0.05, 0.1) is 13.2 Å². The monoisotopic (exact) mass is 412 g/mol. The van der Waals surface area contributed by atoms with Crippen molar-refractivity contribution in [3.63, 3.8) is 0 Å². The highest BCUT2D eigenvalue weighted by atomic mass is 19.4. The van der Waals surface area contributed by atoms with Gasteiger partial charge in [-0.05, 0) is 38.5 Å². The van der Waals surface area contributed by atoms with Crippen LogP contribution in [0, 0.1) is 11.8 Å². The van der Waals surface area contributed by atoms with E-state index in [1.807, 2.05) is 12.2 Å². The molecule has 0 spiro atoms. The molecule has 2 aliphatic rings. The fourth-order valence-corrected chi connectivity index (χ4v) is 3.24. The molecule has 0 unspecified atom stereocenters. The summed E-state index contributed by atoms with van der Waals surface area (Å²) in [6.45, 7) is 4.66. The standard InChI is InChI=1S/C19H25F5O4/c1-2-3-4-5-6-13-11-26-16(27-12-13)14-7-9-15(10-8-14)28-17(25)18(20,21)19(22,23)24/h2,5-6,13-16H,1,3-4,7-12H2. The number of carbonyl (C=O) groups excluding carboxylic acids is 1. The number of ether oxygens (including phenoxy) is 3. The maximum atomic E-state index is 13.0. The third kappa shape index (κ3) is 6.01. The van der Waals surface area contributed by atoms with E-state index < -0.39 is 30.5 Å². The van der Waals surface area contributed by atoms with E-state index >= 15 is 0 Å².